The monoisotopic (exact) mass is 222 g/mol. The van der Waals surface area contributed by atoms with E-state index >= 15 is 0 Å². The molecule has 2 saturated carbocycles. The Balaban J connectivity index is 1.79. The van der Waals surface area contributed by atoms with Crippen molar-refractivity contribution in [1.29, 1.82) is 0 Å². The number of carbonyl (C=O) groups is 1. The van der Waals surface area contributed by atoms with Crippen molar-refractivity contribution in [2.75, 3.05) is 0 Å². The summed E-state index contributed by atoms with van der Waals surface area (Å²) in [5, 5.41) is 20.7. The summed E-state index contributed by atoms with van der Waals surface area (Å²) in [7, 11) is 0. The first-order chi connectivity index (χ1) is 7.71. The second-order valence-corrected chi connectivity index (χ2v) is 4.91. The van der Waals surface area contributed by atoms with Crippen LogP contribution in [-0.4, -0.2) is 31.3 Å². The van der Waals surface area contributed by atoms with Gasteiger partial charge in [0.05, 0.1) is 12.0 Å². The van der Waals surface area contributed by atoms with Crippen LogP contribution in [0.5, 0.6) is 0 Å². The van der Waals surface area contributed by atoms with Gasteiger partial charge in [-0.25, -0.2) is 4.68 Å². The van der Waals surface area contributed by atoms with Gasteiger partial charge in [-0.3, -0.25) is 4.79 Å². The van der Waals surface area contributed by atoms with Gasteiger partial charge >= 0.3 is 5.97 Å². The molecule has 0 spiro atoms. The highest BCUT2D eigenvalue weighted by molar-refractivity contribution is 5.77. The van der Waals surface area contributed by atoms with Gasteiger partial charge in [0.2, 0.25) is 0 Å². The lowest BCUT2D eigenvalue weighted by Gasteiger charge is -2.24. The van der Waals surface area contributed by atoms with Crippen LogP contribution in [0.3, 0.4) is 0 Å². The van der Waals surface area contributed by atoms with Crippen LogP contribution in [-0.2, 0) is 11.3 Å². The van der Waals surface area contributed by atoms with Gasteiger partial charge in [0.15, 0.2) is 5.82 Å². The first-order valence-corrected chi connectivity index (χ1v) is 5.71. The summed E-state index contributed by atoms with van der Waals surface area (Å²) in [5.41, 5.74) is -0.589. The predicted octanol–water partition coefficient (Wildman–Crippen LogP) is 0.805. The molecule has 6 heteroatoms. The Morgan fingerprint density at radius 3 is 2.75 bits per heavy atom. The highest BCUT2D eigenvalue weighted by atomic mass is 16.4. The van der Waals surface area contributed by atoms with Crippen molar-refractivity contribution in [1.82, 2.24) is 20.2 Å². The van der Waals surface area contributed by atoms with Crippen LogP contribution in [0, 0.1) is 5.41 Å². The summed E-state index contributed by atoms with van der Waals surface area (Å²) in [5.74, 6) is 0.598. The van der Waals surface area contributed by atoms with Crippen LogP contribution in [0.1, 0.15) is 43.8 Å². The fourth-order valence-electron chi connectivity index (χ4n) is 2.16. The summed E-state index contributed by atoms with van der Waals surface area (Å²) in [6.07, 6.45) is 4.96. The molecule has 0 amide bonds. The lowest BCUT2D eigenvalue weighted by Crippen LogP contribution is -2.25. The molecule has 86 valence electrons. The van der Waals surface area contributed by atoms with Crippen LogP contribution in [0.25, 0.3) is 0 Å². The number of aliphatic carboxylic acids is 1. The van der Waals surface area contributed by atoms with E-state index in [1.54, 1.807) is 4.68 Å². The summed E-state index contributed by atoms with van der Waals surface area (Å²) in [6.45, 7) is 0.432. The number of hydrogen-bond donors (Lipinski definition) is 1. The van der Waals surface area contributed by atoms with E-state index in [-0.39, 0.29) is 0 Å². The molecule has 0 unspecified atom stereocenters. The van der Waals surface area contributed by atoms with Crippen LogP contribution in [0.2, 0.25) is 0 Å². The van der Waals surface area contributed by atoms with Crippen molar-refractivity contribution in [2.24, 2.45) is 5.41 Å². The molecule has 3 rings (SSSR count). The molecular formula is C10H14N4O2. The number of nitrogens with zero attached hydrogens (tertiary/aromatic N) is 4. The van der Waals surface area contributed by atoms with Crippen LogP contribution < -0.4 is 0 Å². The fraction of sp³-hybridized carbons (Fsp3) is 0.800. The van der Waals surface area contributed by atoms with Crippen molar-refractivity contribution in [2.45, 2.75) is 44.6 Å². The van der Waals surface area contributed by atoms with Crippen molar-refractivity contribution in [3.05, 3.63) is 5.82 Å². The van der Waals surface area contributed by atoms with Crippen molar-refractivity contribution in [3.63, 3.8) is 0 Å². The normalized spacial score (nSPS) is 22.8. The highest BCUT2D eigenvalue weighted by Gasteiger charge is 2.51. The van der Waals surface area contributed by atoms with Gasteiger partial charge in [-0.15, -0.1) is 5.10 Å². The second-order valence-electron chi connectivity index (χ2n) is 4.91. The third-order valence-electron chi connectivity index (χ3n) is 3.79. The van der Waals surface area contributed by atoms with Crippen LogP contribution >= 0.6 is 0 Å². The van der Waals surface area contributed by atoms with Crippen LogP contribution in [0.15, 0.2) is 0 Å². The second kappa shape index (κ2) is 3.26. The zero-order chi connectivity index (χ0) is 11.2. The van der Waals surface area contributed by atoms with Gasteiger partial charge in [-0.1, -0.05) is 6.42 Å². The Labute approximate surface area is 92.6 Å². The fourth-order valence-corrected chi connectivity index (χ4v) is 2.16. The first kappa shape index (κ1) is 9.74. The maximum absolute atomic E-state index is 11.1. The Morgan fingerprint density at radius 1 is 1.50 bits per heavy atom. The standard InChI is InChI=1S/C10H14N4O2/c15-9(16)10(4-5-10)6-14-8(11-12-13-14)7-2-1-3-7/h7H,1-6H2,(H,15,16). The number of tetrazole rings is 1. The summed E-state index contributed by atoms with van der Waals surface area (Å²) < 4.78 is 1.70. The third kappa shape index (κ3) is 1.40. The quantitative estimate of drug-likeness (QED) is 0.815. The van der Waals surface area contributed by atoms with E-state index in [0.717, 1.165) is 31.5 Å². The van der Waals surface area contributed by atoms with E-state index in [9.17, 15) is 4.79 Å². The summed E-state index contributed by atoms with van der Waals surface area (Å²) >= 11 is 0. The summed E-state index contributed by atoms with van der Waals surface area (Å²) in [6, 6.07) is 0. The van der Waals surface area contributed by atoms with E-state index in [0.29, 0.717) is 12.5 Å². The molecule has 2 fully saturated rings. The zero-order valence-electron chi connectivity index (χ0n) is 8.96. The molecular weight excluding hydrogens is 208 g/mol. The molecule has 0 atom stereocenters. The van der Waals surface area contributed by atoms with Crippen molar-refractivity contribution >= 4 is 5.97 Å². The van der Waals surface area contributed by atoms with Gasteiger partial charge in [0.1, 0.15) is 0 Å². The average Bonchev–Trinajstić information content (AvgIpc) is 2.81. The third-order valence-corrected chi connectivity index (χ3v) is 3.79. The molecule has 0 aromatic carbocycles. The minimum absolute atomic E-state index is 0.432. The van der Waals surface area contributed by atoms with Gasteiger partial charge < -0.3 is 5.11 Å². The molecule has 0 radical (unpaired) electrons. The molecule has 16 heavy (non-hydrogen) atoms. The zero-order valence-corrected chi connectivity index (χ0v) is 8.96. The molecule has 0 bridgehead atoms. The molecule has 1 aromatic heterocycles. The Bertz CT molecular complexity index is 420. The van der Waals surface area contributed by atoms with E-state index in [1.807, 2.05) is 0 Å². The minimum atomic E-state index is -0.720. The van der Waals surface area contributed by atoms with Crippen molar-refractivity contribution in [3.8, 4) is 0 Å². The lowest BCUT2D eigenvalue weighted by atomic mass is 9.85. The Morgan fingerprint density at radius 2 is 2.25 bits per heavy atom. The Kier molecular flexibility index (Phi) is 1.99. The number of aromatic nitrogens is 4. The number of hydrogen-bond acceptors (Lipinski definition) is 4. The molecule has 1 heterocycles. The van der Waals surface area contributed by atoms with E-state index in [2.05, 4.69) is 15.5 Å². The molecule has 6 nitrogen and oxygen atoms in total. The predicted molar refractivity (Wildman–Crippen MR) is 53.7 cm³/mol. The van der Waals surface area contributed by atoms with Crippen LogP contribution in [0.4, 0.5) is 0 Å². The average molecular weight is 222 g/mol. The highest BCUT2D eigenvalue weighted by Crippen LogP contribution is 2.48. The van der Waals surface area contributed by atoms with Gasteiger partial charge in [-0.2, -0.15) is 0 Å². The topological polar surface area (TPSA) is 80.9 Å². The molecule has 0 saturated heterocycles. The number of rotatable bonds is 4. The van der Waals surface area contributed by atoms with E-state index < -0.39 is 11.4 Å². The smallest absolute Gasteiger partial charge is 0.311 e. The lowest BCUT2D eigenvalue weighted by molar-refractivity contribution is -0.144. The molecule has 1 N–H and O–H groups in total. The first-order valence-electron chi connectivity index (χ1n) is 5.71. The largest absolute Gasteiger partial charge is 0.481 e. The molecule has 2 aliphatic rings. The SMILES string of the molecule is O=C(O)C1(Cn2nnnc2C2CCC2)CC1. The maximum atomic E-state index is 11.1. The van der Waals surface area contributed by atoms with Gasteiger partial charge in [0.25, 0.3) is 0 Å². The van der Waals surface area contributed by atoms with Gasteiger partial charge in [0, 0.05) is 5.92 Å². The molecule has 2 aliphatic carbocycles. The van der Waals surface area contributed by atoms with E-state index in [1.165, 1.54) is 6.42 Å². The number of carboxylic acid groups (broad SMARTS) is 1. The van der Waals surface area contributed by atoms with Gasteiger partial charge in [-0.05, 0) is 36.1 Å². The van der Waals surface area contributed by atoms with E-state index in [4.69, 9.17) is 5.11 Å². The maximum Gasteiger partial charge on any atom is 0.311 e. The minimum Gasteiger partial charge on any atom is -0.481 e. The number of carboxylic acids is 1. The summed E-state index contributed by atoms with van der Waals surface area (Å²) in [4.78, 5) is 11.1. The molecule has 0 aliphatic heterocycles. The molecule has 1 aromatic rings. The Hall–Kier alpha value is -1.46. The van der Waals surface area contributed by atoms with Crippen molar-refractivity contribution < 1.29 is 9.90 Å².